The van der Waals surface area contributed by atoms with Crippen LogP contribution in [0.4, 0.5) is 11.5 Å². The minimum atomic E-state index is -0.424. The fourth-order valence-electron chi connectivity index (χ4n) is 3.97. The lowest BCUT2D eigenvalue weighted by atomic mass is 9.89. The molecule has 0 spiro atoms. The van der Waals surface area contributed by atoms with Gasteiger partial charge >= 0.3 is 5.69 Å². The second-order valence-corrected chi connectivity index (χ2v) is 10.4. The van der Waals surface area contributed by atoms with Gasteiger partial charge in [-0.3, -0.25) is 4.79 Å². The summed E-state index contributed by atoms with van der Waals surface area (Å²) in [6, 6.07) is 5.22. The Morgan fingerprint density at radius 3 is 2.97 bits per heavy atom. The van der Waals surface area contributed by atoms with Crippen molar-refractivity contribution in [2.75, 3.05) is 11.1 Å². The molecule has 0 fully saturated rings. The van der Waals surface area contributed by atoms with Crippen molar-refractivity contribution in [1.29, 1.82) is 0 Å². The smallest absolute Gasteiger partial charge is 0.323 e. The Morgan fingerprint density at radius 1 is 1.32 bits per heavy atom. The van der Waals surface area contributed by atoms with Gasteiger partial charge in [0.2, 0.25) is 5.91 Å². The van der Waals surface area contributed by atoms with Gasteiger partial charge in [-0.2, -0.15) is 0 Å². The number of nitrogen functional groups attached to an aromatic ring is 1. The van der Waals surface area contributed by atoms with Crippen molar-refractivity contribution in [3.8, 4) is 0 Å². The molecule has 31 heavy (non-hydrogen) atoms. The second-order valence-electron chi connectivity index (χ2n) is 8.01. The van der Waals surface area contributed by atoms with Crippen LogP contribution in [0.15, 0.2) is 28.2 Å². The number of thioether (sulfide) groups is 1. The monoisotopic (exact) mass is 454 g/mol. The van der Waals surface area contributed by atoms with E-state index in [-0.39, 0.29) is 11.6 Å². The highest BCUT2D eigenvalue weighted by Gasteiger charge is 2.24. The Morgan fingerprint density at radius 2 is 2.13 bits per heavy atom. The summed E-state index contributed by atoms with van der Waals surface area (Å²) in [5.74, 6) is 0.994. The lowest BCUT2D eigenvalue weighted by Gasteiger charge is -2.17. The minimum absolute atomic E-state index is 0.177. The number of aryl methyl sites for hydroxylation is 1. The van der Waals surface area contributed by atoms with Gasteiger partial charge in [0, 0.05) is 10.6 Å². The number of rotatable bonds is 4. The molecule has 2 atom stereocenters. The number of benzene rings is 1. The van der Waals surface area contributed by atoms with Crippen molar-refractivity contribution in [3.63, 3.8) is 0 Å². The van der Waals surface area contributed by atoms with E-state index in [0.29, 0.717) is 33.6 Å². The number of aromatic nitrogens is 4. The number of nitrogens with two attached hydrogens (primary N) is 1. The van der Waals surface area contributed by atoms with Crippen molar-refractivity contribution < 1.29 is 4.79 Å². The number of nitrogens with one attached hydrogen (secondary N) is 3. The predicted molar refractivity (Wildman–Crippen MR) is 126 cm³/mol. The van der Waals surface area contributed by atoms with E-state index in [9.17, 15) is 9.59 Å². The number of hydrogen-bond acceptors (Lipinski definition) is 7. The summed E-state index contributed by atoms with van der Waals surface area (Å²) in [6.07, 6.45) is 3.24. The van der Waals surface area contributed by atoms with Gasteiger partial charge in [-0.25, -0.2) is 14.8 Å². The summed E-state index contributed by atoms with van der Waals surface area (Å²) in [7, 11) is 0. The highest BCUT2D eigenvalue weighted by atomic mass is 32.2. The van der Waals surface area contributed by atoms with Crippen LogP contribution in [-0.4, -0.2) is 31.1 Å². The van der Waals surface area contributed by atoms with Crippen LogP contribution >= 0.6 is 23.1 Å². The first-order chi connectivity index (χ1) is 14.9. The van der Waals surface area contributed by atoms with Crippen molar-refractivity contribution in [2.45, 2.75) is 43.5 Å². The lowest BCUT2D eigenvalue weighted by molar-refractivity contribution is -0.115. The molecule has 1 aromatic carbocycles. The molecule has 1 amide bonds. The normalized spacial score (nSPS) is 17.0. The van der Waals surface area contributed by atoms with Crippen LogP contribution in [-0.2, 0) is 17.6 Å². The summed E-state index contributed by atoms with van der Waals surface area (Å²) in [5.41, 5.74) is 9.26. The molecule has 3 aromatic heterocycles. The maximum absolute atomic E-state index is 12.7. The zero-order valence-corrected chi connectivity index (χ0v) is 18.7. The number of H-pyrrole nitrogens is 2. The molecule has 5 rings (SSSR count). The van der Waals surface area contributed by atoms with Gasteiger partial charge in [-0.15, -0.1) is 11.3 Å². The average molecular weight is 455 g/mol. The molecule has 5 N–H and O–H groups in total. The first kappa shape index (κ1) is 20.1. The van der Waals surface area contributed by atoms with Gasteiger partial charge in [0.1, 0.15) is 10.6 Å². The zero-order valence-electron chi connectivity index (χ0n) is 17.1. The largest absolute Gasteiger partial charge is 0.383 e. The number of nitrogens with zero attached hydrogens (tertiary/aromatic N) is 2. The van der Waals surface area contributed by atoms with E-state index < -0.39 is 5.25 Å². The summed E-state index contributed by atoms with van der Waals surface area (Å²) in [4.78, 5) is 40.9. The van der Waals surface area contributed by atoms with Crippen molar-refractivity contribution >= 4 is 61.8 Å². The number of imidazole rings is 1. The summed E-state index contributed by atoms with van der Waals surface area (Å²) in [5, 5.41) is 3.95. The molecule has 0 saturated heterocycles. The Labute approximate surface area is 186 Å². The van der Waals surface area contributed by atoms with Crippen LogP contribution in [0.5, 0.6) is 0 Å². The number of carbonyl (C=O) groups is 1. The third-order valence-electron chi connectivity index (χ3n) is 5.60. The molecule has 1 aliphatic rings. The maximum Gasteiger partial charge on any atom is 0.323 e. The van der Waals surface area contributed by atoms with Crippen LogP contribution in [0.1, 0.15) is 30.7 Å². The van der Waals surface area contributed by atoms with E-state index in [1.54, 1.807) is 29.5 Å². The minimum Gasteiger partial charge on any atom is -0.383 e. The molecular weight excluding hydrogens is 432 g/mol. The van der Waals surface area contributed by atoms with Crippen LogP contribution in [0.2, 0.25) is 0 Å². The van der Waals surface area contributed by atoms with Gasteiger partial charge in [-0.1, -0.05) is 18.7 Å². The topological polar surface area (TPSA) is 130 Å². The standard InChI is InChI=1S/C21H22N6O2S2/c1-9-3-5-12-15(7-9)31-19-16(12)17(22)26-21(27-19)30-10(2)18(28)23-11-4-6-13-14(8-11)25-20(29)24-13/h4,6,8-10H,3,5,7H2,1-2H3,(H,23,28)(H2,22,26,27)(H2,24,25,29). The number of hydrogen-bond donors (Lipinski definition) is 4. The number of fused-ring (bicyclic) bond motifs is 4. The Kier molecular flexibility index (Phi) is 4.98. The van der Waals surface area contributed by atoms with Crippen molar-refractivity contribution in [3.05, 3.63) is 39.1 Å². The average Bonchev–Trinajstić information content (AvgIpc) is 3.26. The Hall–Kier alpha value is -2.85. The van der Waals surface area contributed by atoms with E-state index in [1.807, 2.05) is 6.92 Å². The first-order valence-electron chi connectivity index (χ1n) is 10.1. The predicted octanol–water partition coefficient (Wildman–Crippen LogP) is 3.69. The number of amides is 1. The van der Waals surface area contributed by atoms with Gasteiger partial charge in [0.15, 0.2) is 5.16 Å². The Balaban J connectivity index is 1.34. The molecule has 8 nitrogen and oxygen atoms in total. The summed E-state index contributed by atoms with van der Waals surface area (Å²) in [6.45, 7) is 4.08. The number of carbonyl (C=O) groups excluding carboxylic acids is 1. The summed E-state index contributed by atoms with van der Waals surface area (Å²) >= 11 is 2.98. The van der Waals surface area contributed by atoms with Gasteiger partial charge < -0.3 is 21.0 Å². The molecule has 2 unspecified atom stereocenters. The molecule has 0 radical (unpaired) electrons. The van der Waals surface area contributed by atoms with Crippen LogP contribution in [0.25, 0.3) is 21.3 Å². The molecule has 3 heterocycles. The number of aromatic amines is 2. The number of anilines is 2. The molecule has 0 aliphatic heterocycles. The molecule has 0 bridgehead atoms. The van der Waals surface area contributed by atoms with Crippen LogP contribution in [0.3, 0.4) is 0 Å². The fraction of sp³-hybridized carbons (Fsp3) is 0.333. The molecule has 160 valence electrons. The van der Waals surface area contributed by atoms with Gasteiger partial charge in [-0.05, 0) is 55.9 Å². The van der Waals surface area contributed by atoms with Crippen molar-refractivity contribution in [2.24, 2.45) is 5.92 Å². The van der Waals surface area contributed by atoms with Gasteiger partial charge in [0.05, 0.1) is 21.7 Å². The van der Waals surface area contributed by atoms with Crippen molar-refractivity contribution in [1.82, 2.24) is 19.9 Å². The molecular formula is C21H22N6O2S2. The molecule has 1 aliphatic carbocycles. The lowest BCUT2D eigenvalue weighted by Crippen LogP contribution is -2.22. The van der Waals surface area contributed by atoms with E-state index in [1.165, 1.54) is 22.2 Å². The van der Waals surface area contributed by atoms with Gasteiger partial charge in [0.25, 0.3) is 0 Å². The number of thiophene rings is 1. The SMILES string of the molecule is CC1CCc2c(sc3nc(SC(C)C(=O)Nc4ccc5[nH]c(=O)[nH]c5c4)nc(N)c23)C1. The third-order valence-corrected chi connectivity index (χ3v) is 7.71. The van der Waals surface area contributed by atoms with Crippen LogP contribution in [0, 0.1) is 5.92 Å². The first-order valence-corrected chi connectivity index (χ1v) is 11.8. The quantitative estimate of drug-likeness (QED) is 0.275. The summed E-state index contributed by atoms with van der Waals surface area (Å²) < 4.78 is 0. The fourth-order valence-corrected chi connectivity index (χ4v) is 6.19. The maximum atomic E-state index is 12.7. The third kappa shape index (κ3) is 3.81. The highest BCUT2D eigenvalue weighted by Crippen LogP contribution is 2.40. The van der Waals surface area contributed by atoms with E-state index in [4.69, 9.17) is 10.7 Å². The molecule has 4 aromatic rings. The Bertz CT molecular complexity index is 1370. The second kappa shape index (κ2) is 7.69. The van der Waals surface area contributed by atoms with E-state index >= 15 is 0 Å². The molecule has 10 heteroatoms. The molecule has 0 saturated carbocycles. The van der Waals surface area contributed by atoms with Crippen LogP contribution < -0.4 is 16.7 Å². The van der Waals surface area contributed by atoms with E-state index in [0.717, 1.165) is 29.5 Å². The van der Waals surface area contributed by atoms with E-state index in [2.05, 4.69) is 27.2 Å². The highest BCUT2D eigenvalue weighted by molar-refractivity contribution is 8.00. The zero-order chi connectivity index (χ0) is 21.7.